The number of nitrogens with one attached hydrogen (secondary N) is 3. The Morgan fingerprint density at radius 3 is 2.60 bits per heavy atom. The van der Waals surface area contributed by atoms with Crippen LogP contribution in [0, 0.1) is 23.7 Å². The Bertz CT molecular complexity index is 1050. The van der Waals surface area contributed by atoms with E-state index in [4.69, 9.17) is 4.74 Å². The maximum absolute atomic E-state index is 16.5. The second kappa shape index (κ2) is 12.5. The molecule has 0 radical (unpaired) electrons. The van der Waals surface area contributed by atoms with Crippen molar-refractivity contribution in [3.8, 4) is 0 Å². The van der Waals surface area contributed by atoms with Gasteiger partial charge in [0, 0.05) is 55.7 Å². The Morgan fingerprint density at radius 2 is 1.86 bits per heavy atom. The number of piperidine rings is 2. The number of hydrogen-bond donors (Lipinski definition) is 3. The number of ether oxygens (including phenoxy) is 1. The summed E-state index contributed by atoms with van der Waals surface area (Å²) in [5.41, 5.74) is 0. The molecule has 2 bridgehead atoms. The number of piperazine rings is 1. The van der Waals surface area contributed by atoms with Crippen LogP contribution in [0.4, 0.5) is 13.6 Å². The zero-order chi connectivity index (χ0) is 30.6. The van der Waals surface area contributed by atoms with Gasteiger partial charge < -0.3 is 25.2 Å². The van der Waals surface area contributed by atoms with Gasteiger partial charge >= 0.3 is 6.03 Å². The van der Waals surface area contributed by atoms with Crippen molar-refractivity contribution in [1.82, 2.24) is 30.7 Å². The van der Waals surface area contributed by atoms with Gasteiger partial charge in [0.15, 0.2) is 0 Å². The van der Waals surface area contributed by atoms with E-state index >= 15 is 8.78 Å². The van der Waals surface area contributed by atoms with Gasteiger partial charge in [0.25, 0.3) is 0 Å². The molecule has 3 N–H and O–H groups in total. The molecule has 5 saturated heterocycles. The number of nitrogens with zero attached hydrogens (tertiary/aromatic N) is 3. The number of urea groups is 1. The largest absolute Gasteiger partial charge is 0.378 e. The lowest BCUT2D eigenvalue weighted by Gasteiger charge is -2.60. The van der Waals surface area contributed by atoms with Crippen LogP contribution in [0.3, 0.4) is 0 Å². The van der Waals surface area contributed by atoms with Crippen LogP contribution in [0.15, 0.2) is 12.7 Å². The Kier molecular flexibility index (Phi) is 9.08. The molecule has 43 heavy (non-hydrogen) atoms. The van der Waals surface area contributed by atoms with E-state index in [2.05, 4.69) is 48.2 Å². The number of alkyl halides is 2. The van der Waals surface area contributed by atoms with Crippen LogP contribution in [-0.4, -0.2) is 114 Å². The third-order valence-electron chi connectivity index (χ3n) is 11.6. The molecule has 11 heteroatoms. The summed E-state index contributed by atoms with van der Waals surface area (Å²) in [6.45, 7) is 14.5. The zero-order valence-corrected chi connectivity index (χ0v) is 26.3. The van der Waals surface area contributed by atoms with Crippen LogP contribution in [0.25, 0.3) is 0 Å². The molecule has 1 aliphatic carbocycles. The fraction of sp³-hybridized carbons (Fsp3) is 0.875. The first-order valence-corrected chi connectivity index (χ1v) is 16.8. The molecule has 0 spiro atoms. The van der Waals surface area contributed by atoms with E-state index in [9.17, 15) is 9.59 Å². The Morgan fingerprint density at radius 1 is 1.07 bits per heavy atom. The van der Waals surface area contributed by atoms with Crippen molar-refractivity contribution in [2.45, 2.75) is 127 Å². The van der Waals surface area contributed by atoms with Crippen LogP contribution in [0.1, 0.15) is 66.2 Å². The maximum Gasteiger partial charge on any atom is 0.320 e. The SMILES string of the molecule is C=CC(=O)N1C[C@H](C)N(C2NC(=O)N3C4NC(C(F)CC42)C2C(F)CCCC2OCCC2CCNC(C(C)C)C23)C[C@H]1C. The molecule has 5 heterocycles. The minimum Gasteiger partial charge on any atom is -0.378 e. The fourth-order valence-corrected chi connectivity index (χ4v) is 9.47. The van der Waals surface area contributed by atoms with Crippen molar-refractivity contribution in [3.63, 3.8) is 0 Å². The van der Waals surface area contributed by atoms with E-state index in [0.717, 1.165) is 32.2 Å². The van der Waals surface area contributed by atoms with Crippen LogP contribution >= 0.6 is 0 Å². The summed E-state index contributed by atoms with van der Waals surface area (Å²) in [4.78, 5) is 33.0. The molecule has 0 aromatic carbocycles. The number of carbonyl (C=O) groups is 2. The molecule has 5 aliphatic heterocycles. The third-order valence-corrected chi connectivity index (χ3v) is 11.6. The van der Waals surface area contributed by atoms with Gasteiger partial charge in [-0.05, 0) is 76.8 Å². The van der Waals surface area contributed by atoms with Gasteiger partial charge in [-0.2, -0.15) is 0 Å². The van der Waals surface area contributed by atoms with Gasteiger partial charge in [-0.3, -0.25) is 15.0 Å². The number of fused-ring (bicyclic) bond motifs is 5. The molecule has 3 amide bonds. The predicted molar refractivity (Wildman–Crippen MR) is 161 cm³/mol. The molecule has 242 valence electrons. The van der Waals surface area contributed by atoms with Crippen LogP contribution < -0.4 is 16.0 Å². The average Bonchev–Trinajstić information content (AvgIpc) is 3.00. The highest BCUT2D eigenvalue weighted by atomic mass is 19.1. The minimum atomic E-state index is -1.27. The van der Waals surface area contributed by atoms with Crippen molar-refractivity contribution in [2.24, 2.45) is 23.7 Å². The Hall–Kier alpha value is -1.82. The summed E-state index contributed by atoms with van der Waals surface area (Å²) in [7, 11) is 0. The number of rotatable bonds is 3. The fourth-order valence-electron chi connectivity index (χ4n) is 9.47. The van der Waals surface area contributed by atoms with Crippen molar-refractivity contribution < 1.29 is 23.1 Å². The highest BCUT2D eigenvalue weighted by molar-refractivity contribution is 5.87. The molecular weight excluding hydrogens is 554 g/mol. The summed E-state index contributed by atoms with van der Waals surface area (Å²) >= 11 is 0. The molecule has 0 aromatic heterocycles. The Balaban J connectivity index is 1.38. The quantitative estimate of drug-likeness (QED) is 0.429. The number of halogens is 2. The minimum absolute atomic E-state index is 0.0469. The zero-order valence-electron chi connectivity index (χ0n) is 26.3. The van der Waals surface area contributed by atoms with Crippen molar-refractivity contribution in [2.75, 3.05) is 26.2 Å². The molecule has 1 saturated carbocycles. The second-order valence-corrected chi connectivity index (χ2v) is 14.4. The molecule has 6 fully saturated rings. The molecule has 0 aromatic rings. The van der Waals surface area contributed by atoms with Gasteiger partial charge in [-0.15, -0.1) is 0 Å². The summed E-state index contributed by atoms with van der Waals surface area (Å²) < 4.78 is 38.6. The molecule has 6 rings (SSSR count). The number of hydrogen-bond acceptors (Lipinski definition) is 6. The molecule has 6 aliphatic rings. The maximum atomic E-state index is 16.5. The lowest BCUT2D eigenvalue weighted by molar-refractivity contribution is -0.137. The van der Waals surface area contributed by atoms with Gasteiger partial charge in [0.1, 0.15) is 12.3 Å². The van der Waals surface area contributed by atoms with Crippen molar-refractivity contribution in [1.29, 1.82) is 0 Å². The van der Waals surface area contributed by atoms with Crippen molar-refractivity contribution in [3.05, 3.63) is 12.7 Å². The average molecular weight is 607 g/mol. The summed E-state index contributed by atoms with van der Waals surface area (Å²) in [5, 5.41) is 10.7. The normalized spacial score (nSPS) is 45.8. The van der Waals surface area contributed by atoms with E-state index in [0.29, 0.717) is 26.1 Å². The highest BCUT2D eigenvalue weighted by Crippen LogP contribution is 2.44. The standard InChI is InChI=1S/C32H52F2N6O3/c1-6-25(41)38-15-19(5)39(16-18(38)4)30-21-14-23(34)28-26-22(33)8-7-9-24(26)43-13-11-20-10-12-35-27(17(2)3)29(20)40(31(21)36-28)32(42)37-30/h6,17-24,26-31,35-36H,1,7-16H2,2-5H3,(H,37,42)/t18-,19+,20?,21?,22?,23?,24?,26?,27?,28?,29?,30?,31?/m1/s1. The lowest BCUT2D eigenvalue weighted by atomic mass is 9.73. The van der Waals surface area contributed by atoms with E-state index in [1.54, 1.807) is 0 Å². The Labute approximate surface area is 255 Å². The molecule has 11 unspecified atom stereocenters. The van der Waals surface area contributed by atoms with E-state index in [-0.39, 0.29) is 66.4 Å². The second-order valence-electron chi connectivity index (χ2n) is 14.4. The summed E-state index contributed by atoms with van der Waals surface area (Å²) in [6.07, 6.45) is 1.61. The smallest absolute Gasteiger partial charge is 0.320 e. The third kappa shape index (κ3) is 5.61. The summed E-state index contributed by atoms with van der Waals surface area (Å²) in [5.74, 6) is -0.439. The van der Waals surface area contributed by atoms with Crippen LogP contribution in [-0.2, 0) is 9.53 Å². The van der Waals surface area contributed by atoms with Crippen LogP contribution in [0.5, 0.6) is 0 Å². The highest BCUT2D eigenvalue weighted by Gasteiger charge is 2.58. The summed E-state index contributed by atoms with van der Waals surface area (Å²) in [6, 6.07) is -1.03. The molecular formula is C32H52F2N6O3. The first kappa shape index (κ1) is 31.2. The number of carbonyl (C=O) groups excluding carboxylic acids is 2. The topological polar surface area (TPSA) is 89.2 Å². The first-order chi connectivity index (χ1) is 20.6. The van der Waals surface area contributed by atoms with Gasteiger partial charge in [0.2, 0.25) is 5.91 Å². The van der Waals surface area contributed by atoms with Gasteiger partial charge in [-0.1, -0.05) is 20.4 Å². The molecule has 9 nitrogen and oxygen atoms in total. The van der Waals surface area contributed by atoms with Gasteiger partial charge in [-0.25, -0.2) is 13.6 Å². The lowest BCUT2D eigenvalue weighted by Crippen LogP contribution is -2.80. The monoisotopic (exact) mass is 606 g/mol. The van der Waals surface area contributed by atoms with Crippen molar-refractivity contribution >= 4 is 11.9 Å². The van der Waals surface area contributed by atoms with E-state index < -0.39 is 36.6 Å². The predicted octanol–water partition coefficient (Wildman–Crippen LogP) is 3.02. The van der Waals surface area contributed by atoms with E-state index in [1.165, 1.54) is 6.08 Å². The molecule has 13 atom stereocenters. The number of amides is 3. The first-order valence-electron chi connectivity index (χ1n) is 16.8. The van der Waals surface area contributed by atoms with Gasteiger partial charge in [0.05, 0.1) is 24.5 Å². The van der Waals surface area contributed by atoms with Crippen LogP contribution in [0.2, 0.25) is 0 Å². The van der Waals surface area contributed by atoms with E-state index in [1.807, 2.05) is 16.7 Å².